The van der Waals surface area contributed by atoms with Crippen LogP contribution in [0.4, 0.5) is 26.3 Å². The maximum absolute atomic E-state index is 13.8. The van der Waals surface area contributed by atoms with E-state index in [2.05, 4.69) is 4.74 Å². The van der Waals surface area contributed by atoms with Crippen LogP contribution in [0.15, 0.2) is 23.4 Å². The molecule has 0 bridgehead atoms. The molecule has 1 aliphatic heterocycles. The number of morpholine rings is 1. The average Bonchev–Trinajstić information content (AvgIpc) is 2.60. The lowest BCUT2D eigenvalue weighted by Gasteiger charge is -2.44. The largest absolute Gasteiger partial charge is 0.465 e. The van der Waals surface area contributed by atoms with Gasteiger partial charge in [-0.2, -0.15) is 26.3 Å². The third-order valence-corrected chi connectivity index (χ3v) is 4.38. The molecule has 2 rings (SSSR count). The number of ether oxygens (including phenoxy) is 2. The molecule has 0 amide bonds. The lowest BCUT2D eigenvalue weighted by atomic mass is 9.73. The predicted molar refractivity (Wildman–Crippen MR) is 80.7 cm³/mol. The van der Waals surface area contributed by atoms with Crippen LogP contribution in [-0.2, 0) is 19.1 Å². The van der Waals surface area contributed by atoms with Crippen molar-refractivity contribution >= 4 is 11.8 Å². The summed E-state index contributed by atoms with van der Waals surface area (Å²) in [6.07, 6.45) is -10.4. The fourth-order valence-electron chi connectivity index (χ4n) is 3.11. The first-order chi connectivity index (χ1) is 12.9. The first kappa shape index (κ1) is 22.2. The van der Waals surface area contributed by atoms with Crippen molar-refractivity contribution in [2.75, 3.05) is 32.9 Å². The van der Waals surface area contributed by atoms with Gasteiger partial charge >= 0.3 is 18.3 Å². The molecular formula is C16H17F6NO5. The second kappa shape index (κ2) is 7.74. The van der Waals surface area contributed by atoms with E-state index in [1.165, 1.54) is 11.8 Å². The lowest BCUT2D eigenvalue weighted by Crippen LogP contribution is -2.61. The highest BCUT2D eigenvalue weighted by Crippen LogP contribution is 2.49. The van der Waals surface area contributed by atoms with Crippen molar-refractivity contribution in [3.63, 3.8) is 0 Å². The number of rotatable bonds is 4. The first-order valence-electron chi connectivity index (χ1n) is 8.18. The average molecular weight is 417 g/mol. The van der Waals surface area contributed by atoms with Gasteiger partial charge in [-0.1, -0.05) is 6.08 Å². The van der Waals surface area contributed by atoms with Crippen LogP contribution in [-0.4, -0.2) is 72.6 Å². The molecule has 1 aliphatic carbocycles. The third-order valence-electron chi connectivity index (χ3n) is 4.38. The van der Waals surface area contributed by atoms with Crippen molar-refractivity contribution in [1.82, 2.24) is 4.90 Å². The summed E-state index contributed by atoms with van der Waals surface area (Å²) in [6, 6.07) is 0. The van der Waals surface area contributed by atoms with Crippen LogP contribution in [0.1, 0.15) is 6.92 Å². The zero-order valence-electron chi connectivity index (χ0n) is 14.6. The van der Waals surface area contributed by atoms with Crippen molar-refractivity contribution < 1.29 is 50.5 Å². The summed E-state index contributed by atoms with van der Waals surface area (Å²) in [5.41, 5.74) is -6.79. The normalized spacial score (nSPS) is 26.4. The van der Waals surface area contributed by atoms with Gasteiger partial charge in [0.2, 0.25) is 5.60 Å². The molecule has 12 heteroatoms. The summed E-state index contributed by atoms with van der Waals surface area (Å²) in [5, 5.41) is 10.4. The molecule has 1 fully saturated rings. The van der Waals surface area contributed by atoms with Gasteiger partial charge in [0.1, 0.15) is 5.92 Å². The Morgan fingerprint density at radius 1 is 1.21 bits per heavy atom. The molecule has 6 nitrogen and oxygen atoms in total. The molecule has 158 valence electrons. The van der Waals surface area contributed by atoms with E-state index in [4.69, 9.17) is 4.74 Å². The summed E-state index contributed by atoms with van der Waals surface area (Å²) in [5.74, 6) is -7.09. The zero-order valence-corrected chi connectivity index (χ0v) is 14.6. The number of carbonyl (C=O) groups is 2. The number of carbonyl (C=O) groups excluding carboxylic acids is 2. The topological polar surface area (TPSA) is 76.1 Å². The molecule has 1 N–H and O–H groups in total. The Balaban J connectivity index is 2.68. The Bertz CT molecular complexity index is 693. The minimum Gasteiger partial charge on any atom is -0.465 e. The summed E-state index contributed by atoms with van der Waals surface area (Å²) in [6.45, 7) is 1.15. The van der Waals surface area contributed by atoms with E-state index in [1.807, 2.05) is 0 Å². The number of hydrogen-bond acceptors (Lipinski definition) is 6. The molecule has 1 saturated heterocycles. The molecule has 0 unspecified atom stereocenters. The maximum Gasteiger partial charge on any atom is 0.454 e. The highest BCUT2D eigenvalue weighted by Gasteiger charge is 2.69. The van der Waals surface area contributed by atoms with Gasteiger partial charge in [-0.3, -0.25) is 9.59 Å². The summed E-state index contributed by atoms with van der Waals surface area (Å²) in [7, 11) is 0. The van der Waals surface area contributed by atoms with Crippen LogP contribution in [0.2, 0.25) is 0 Å². The van der Waals surface area contributed by atoms with Crippen molar-refractivity contribution in [2.24, 2.45) is 5.92 Å². The quantitative estimate of drug-likeness (QED) is 0.555. The summed E-state index contributed by atoms with van der Waals surface area (Å²) >= 11 is 0. The number of ketones is 1. The SMILES string of the molecule is CCOC(=O)[C@@H]1C(N2CCOCC2)=CC=C(C(=O)C(F)(F)F)[C@@]1(O)C(F)(F)F. The van der Waals surface area contributed by atoms with Crippen LogP contribution in [0.25, 0.3) is 0 Å². The Morgan fingerprint density at radius 3 is 2.25 bits per heavy atom. The monoisotopic (exact) mass is 417 g/mol. The minimum absolute atomic E-state index is 0.0338. The van der Waals surface area contributed by atoms with Gasteiger partial charge in [0.05, 0.1) is 19.8 Å². The number of nitrogens with zero attached hydrogens (tertiary/aromatic N) is 1. The van der Waals surface area contributed by atoms with Gasteiger partial charge in [-0.15, -0.1) is 0 Å². The van der Waals surface area contributed by atoms with Crippen LogP contribution in [0.5, 0.6) is 0 Å². The molecule has 2 atom stereocenters. The van der Waals surface area contributed by atoms with E-state index in [0.717, 1.165) is 6.08 Å². The molecule has 0 saturated carbocycles. The summed E-state index contributed by atoms with van der Waals surface area (Å²) < 4.78 is 89.7. The van der Waals surface area contributed by atoms with Crippen molar-refractivity contribution in [3.8, 4) is 0 Å². The highest BCUT2D eigenvalue weighted by atomic mass is 19.4. The number of hydrogen-bond donors (Lipinski definition) is 1. The maximum atomic E-state index is 13.8. The number of esters is 1. The Morgan fingerprint density at radius 2 is 1.79 bits per heavy atom. The number of aliphatic hydroxyl groups is 1. The fraction of sp³-hybridized carbons (Fsp3) is 0.625. The second-order valence-electron chi connectivity index (χ2n) is 6.05. The van der Waals surface area contributed by atoms with Gasteiger partial charge in [0.25, 0.3) is 5.78 Å². The van der Waals surface area contributed by atoms with Gasteiger partial charge in [0, 0.05) is 24.4 Å². The van der Waals surface area contributed by atoms with Crippen LogP contribution >= 0.6 is 0 Å². The minimum atomic E-state index is -5.77. The molecule has 0 aromatic rings. The summed E-state index contributed by atoms with van der Waals surface area (Å²) in [4.78, 5) is 25.2. The number of allylic oxidation sites excluding steroid dienone is 2. The van der Waals surface area contributed by atoms with Gasteiger partial charge in [-0.25, -0.2) is 0 Å². The van der Waals surface area contributed by atoms with Crippen LogP contribution < -0.4 is 0 Å². The molecule has 0 aromatic heterocycles. The first-order valence-corrected chi connectivity index (χ1v) is 8.18. The van der Waals surface area contributed by atoms with E-state index in [-0.39, 0.29) is 39.0 Å². The van der Waals surface area contributed by atoms with Gasteiger partial charge < -0.3 is 19.5 Å². The second-order valence-corrected chi connectivity index (χ2v) is 6.05. The predicted octanol–water partition coefficient (Wildman–Crippen LogP) is 1.75. The molecule has 28 heavy (non-hydrogen) atoms. The smallest absolute Gasteiger partial charge is 0.454 e. The van der Waals surface area contributed by atoms with E-state index in [1.54, 1.807) is 0 Å². The molecule has 2 aliphatic rings. The molecule has 0 spiro atoms. The lowest BCUT2D eigenvalue weighted by molar-refractivity contribution is -0.263. The standard InChI is InChI=1S/C16H17F6NO5/c1-2-28-13(25)11-10(23-5-7-27-8-6-23)4-3-9(12(24)15(17,18)19)14(11,26)16(20,21)22/h3-4,11,26H,2,5-8H2,1H3/t11-,14-/m0/s1. The zero-order chi connectivity index (χ0) is 21.3. The Hall–Kier alpha value is -2.08. The molecule has 0 radical (unpaired) electrons. The Labute approximate surface area is 155 Å². The number of halogens is 6. The van der Waals surface area contributed by atoms with E-state index in [0.29, 0.717) is 0 Å². The third kappa shape index (κ3) is 3.88. The highest BCUT2D eigenvalue weighted by molar-refractivity contribution is 6.03. The Kier molecular flexibility index (Phi) is 6.14. The molecule has 0 aromatic carbocycles. The van der Waals surface area contributed by atoms with E-state index >= 15 is 0 Å². The van der Waals surface area contributed by atoms with Gasteiger partial charge in [-0.05, 0) is 13.0 Å². The van der Waals surface area contributed by atoms with Crippen molar-refractivity contribution in [3.05, 3.63) is 23.4 Å². The van der Waals surface area contributed by atoms with Gasteiger partial charge in [0.15, 0.2) is 0 Å². The number of alkyl halides is 6. The molecular weight excluding hydrogens is 400 g/mol. The van der Waals surface area contributed by atoms with Crippen LogP contribution in [0.3, 0.4) is 0 Å². The van der Waals surface area contributed by atoms with E-state index < -0.39 is 46.9 Å². The van der Waals surface area contributed by atoms with Crippen LogP contribution in [0, 0.1) is 5.92 Å². The van der Waals surface area contributed by atoms with E-state index in [9.17, 15) is 41.0 Å². The van der Waals surface area contributed by atoms with Crippen molar-refractivity contribution in [1.29, 1.82) is 0 Å². The van der Waals surface area contributed by atoms with Crippen molar-refractivity contribution in [2.45, 2.75) is 24.9 Å². The molecule has 1 heterocycles. The fourth-order valence-corrected chi connectivity index (χ4v) is 3.11. The number of Topliss-reactive ketones (excluding diaryl/α,β-unsaturated/α-hetero) is 1.